The Morgan fingerprint density at radius 2 is 1.69 bits per heavy atom. The van der Waals surface area contributed by atoms with Crippen molar-refractivity contribution in [2.45, 2.75) is 120 Å². The number of anilines is 2. The summed E-state index contributed by atoms with van der Waals surface area (Å²) in [5.41, 5.74) is 1.86. The Morgan fingerprint density at radius 3 is 2.48 bits per heavy atom. The van der Waals surface area contributed by atoms with Crippen LogP contribution in [0.5, 0.6) is 6.01 Å². The third-order valence-corrected chi connectivity index (χ3v) is 17.7. The van der Waals surface area contributed by atoms with Gasteiger partial charge in [0.2, 0.25) is 11.8 Å². The van der Waals surface area contributed by atoms with Crippen molar-refractivity contribution in [1.29, 1.82) is 0 Å². The number of likely N-dealkylation sites (tertiary alicyclic amines) is 1. The summed E-state index contributed by atoms with van der Waals surface area (Å²) in [5, 5.41) is 4.11. The number of piperidine rings is 3. The predicted molar refractivity (Wildman–Crippen MR) is 279 cm³/mol. The standard InChI is InChI=1S/C58H65F2N9O6/c1-2-42-45(59)14-10-38-6-3-7-44(49(38)42)52-51(60)53-50-46(62-52)15-12-40-33-73-31-5-25-68(40)54(50)65-56(64-53)75-35-58-23-4-26-69(58)41(18-24-58)34-74-57(72)67-29-21-37(22-30-67)9-8-36-19-27-66(28-20-36)47-16-11-39(32-61-47)43-13-17-48(70)63-55(43)71/h1,3,6-7,10-11,14,16,32,36-37,40-41,43H,4-5,8-9,12-13,15,17-31,33-35H2,(H,63,70,71)/t40-,41-,43?,58-/m0/s1. The molecule has 4 atom stereocenters. The van der Waals surface area contributed by atoms with Crippen LogP contribution in [0.1, 0.15) is 113 Å². The van der Waals surface area contributed by atoms with E-state index in [0.29, 0.717) is 110 Å². The van der Waals surface area contributed by atoms with Gasteiger partial charge in [0.1, 0.15) is 41.9 Å². The van der Waals surface area contributed by atoms with E-state index >= 15 is 8.78 Å². The van der Waals surface area contributed by atoms with Crippen molar-refractivity contribution < 1.29 is 37.4 Å². The first-order chi connectivity index (χ1) is 36.6. The minimum Gasteiger partial charge on any atom is -0.461 e. The first-order valence-electron chi connectivity index (χ1n) is 27.4. The van der Waals surface area contributed by atoms with Gasteiger partial charge in [-0.25, -0.2) is 23.5 Å². The molecule has 0 spiro atoms. The summed E-state index contributed by atoms with van der Waals surface area (Å²) in [6.45, 7) is 6.63. The van der Waals surface area contributed by atoms with Gasteiger partial charge in [-0.15, -0.1) is 6.42 Å². The van der Waals surface area contributed by atoms with Crippen molar-refractivity contribution in [3.05, 3.63) is 77.1 Å². The van der Waals surface area contributed by atoms with Crippen LogP contribution in [0.25, 0.3) is 32.9 Å². The Hall–Kier alpha value is -6.51. The minimum absolute atomic E-state index is 0.0000156. The second-order valence-corrected chi connectivity index (χ2v) is 22.0. The molecule has 17 heteroatoms. The van der Waals surface area contributed by atoms with Crippen molar-refractivity contribution in [3.63, 3.8) is 0 Å². The van der Waals surface area contributed by atoms with Crippen LogP contribution >= 0.6 is 0 Å². The molecular weight excluding hydrogens is 957 g/mol. The molecule has 3 aromatic heterocycles. The van der Waals surface area contributed by atoms with Gasteiger partial charge in [0.15, 0.2) is 5.82 Å². The zero-order valence-corrected chi connectivity index (χ0v) is 42.5. The minimum atomic E-state index is -0.639. The highest BCUT2D eigenvalue weighted by molar-refractivity contribution is 6.03. The van der Waals surface area contributed by atoms with Crippen molar-refractivity contribution in [2.24, 2.45) is 11.8 Å². The Labute approximate surface area is 436 Å². The smallest absolute Gasteiger partial charge is 0.409 e. The molecule has 12 rings (SSSR count). The van der Waals surface area contributed by atoms with E-state index in [1.165, 1.54) is 18.9 Å². The maximum absolute atomic E-state index is 17.4. The molecule has 0 bridgehead atoms. The molecule has 2 aromatic carbocycles. The lowest BCUT2D eigenvalue weighted by atomic mass is 9.85. The fraction of sp³-hybridized carbons (Fsp3) is 0.534. The summed E-state index contributed by atoms with van der Waals surface area (Å²) in [6.07, 6.45) is 20.5. The van der Waals surface area contributed by atoms with Gasteiger partial charge in [-0.05, 0) is 119 Å². The molecule has 75 heavy (non-hydrogen) atoms. The van der Waals surface area contributed by atoms with Gasteiger partial charge in [-0.1, -0.05) is 49.1 Å². The molecule has 3 amide bonds. The van der Waals surface area contributed by atoms with Crippen molar-refractivity contribution in [1.82, 2.24) is 35.1 Å². The summed E-state index contributed by atoms with van der Waals surface area (Å²) in [4.78, 5) is 65.9. The molecule has 0 radical (unpaired) electrons. The number of carbonyl (C=O) groups is 3. The van der Waals surface area contributed by atoms with Crippen LogP contribution in [-0.2, 0) is 25.5 Å². The summed E-state index contributed by atoms with van der Waals surface area (Å²) in [5.74, 6) is 3.32. The maximum Gasteiger partial charge on any atom is 0.409 e. The number of nitrogens with zero attached hydrogens (tertiary/aromatic N) is 8. The molecule has 0 saturated carbocycles. The molecule has 7 aliphatic heterocycles. The Balaban J connectivity index is 0.660. The number of nitrogens with one attached hydrogen (secondary N) is 1. The normalized spacial score (nSPS) is 24.7. The Morgan fingerprint density at radius 1 is 0.867 bits per heavy atom. The number of terminal acetylenes is 1. The molecule has 1 N–H and O–H groups in total. The number of carbonyl (C=O) groups excluding carboxylic acids is 3. The third-order valence-electron chi connectivity index (χ3n) is 17.7. The first-order valence-corrected chi connectivity index (χ1v) is 27.4. The maximum atomic E-state index is 17.4. The molecule has 6 saturated heterocycles. The molecule has 5 aromatic rings. The predicted octanol–water partition coefficient (Wildman–Crippen LogP) is 8.48. The van der Waals surface area contributed by atoms with Crippen LogP contribution in [0.2, 0.25) is 0 Å². The monoisotopic (exact) mass is 1020 g/mol. The van der Waals surface area contributed by atoms with Gasteiger partial charge in [-0.2, -0.15) is 9.97 Å². The topological polar surface area (TPSA) is 155 Å². The summed E-state index contributed by atoms with van der Waals surface area (Å²) >= 11 is 0. The molecule has 6 fully saturated rings. The number of rotatable bonds is 11. The number of fused-ring (bicyclic) bond motifs is 4. The number of imide groups is 1. The van der Waals surface area contributed by atoms with Gasteiger partial charge in [0.25, 0.3) is 0 Å². The summed E-state index contributed by atoms with van der Waals surface area (Å²) in [7, 11) is 0. The molecular formula is C58H65F2N9O6. The van der Waals surface area contributed by atoms with E-state index in [1.807, 2.05) is 23.1 Å². The number of hydrogen-bond acceptors (Lipinski definition) is 13. The second-order valence-electron chi connectivity index (χ2n) is 22.0. The fourth-order valence-corrected chi connectivity index (χ4v) is 13.6. The number of pyridine rings is 2. The van der Waals surface area contributed by atoms with Crippen LogP contribution < -0.4 is 19.9 Å². The number of ether oxygens (including phenoxy) is 3. The van der Waals surface area contributed by atoms with Crippen LogP contribution in [0.4, 0.5) is 25.2 Å². The number of halogens is 2. The van der Waals surface area contributed by atoms with Gasteiger partial charge in [0.05, 0.1) is 40.7 Å². The van der Waals surface area contributed by atoms with Gasteiger partial charge < -0.3 is 28.9 Å². The first kappa shape index (κ1) is 49.4. The molecule has 0 aliphatic carbocycles. The quantitative estimate of drug-likeness (QED) is 0.0995. The molecule has 392 valence electrons. The van der Waals surface area contributed by atoms with Crippen LogP contribution in [0, 0.1) is 35.8 Å². The average molecular weight is 1020 g/mol. The second kappa shape index (κ2) is 20.9. The van der Waals surface area contributed by atoms with Gasteiger partial charge >= 0.3 is 12.1 Å². The van der Waals surface area contributed by atoms with Crippen LogP contribution in [0.15, 0.2) is 48.7 Å². The number of benzene rings is 2. The fourth-order valence-electron chi connectivity index (χ4n) is 13.6. The average Bonchev–Trinajstić information content (AvgIpc) is 3.85. The Bertz CT molecular complexity index is 3050. The van der Waals surface area contributed by atoms with Gasteiger partial charge in [0, 0.05) is 68.9 Å². The number of amides is 3. The van der Waals surface area contributed by atoms with E-state index in [9.17, 15) is 14.4 Å². The van der Waals surface area contributed by atoms with E-state index in [2.05, 4.69) is 25.9 Å². The number of hydrogen-bond donors (Lipinski definition) is 1. The summed E-state index contributed by atoms with van der Waals surface area (Å²) < 4.78 is 51.4. The highest BCUT2D eigenvalue weighted by Gasteiger charge is 2.50. The third kappa shape index (κ3) is 9.62. The zero-order chi connectivity index (χ0) is 51.2. The van der Waals surface area contributed by atoms with Crippen molar-refractivity contribution >= 4 is 51.2 Å². The number of aryl methyl sites for hydroxylation is 1. The lowest BCUT2D eigenvalue weighted by molar-refractivity contribution is -0.134. The van der Waals surface area contributed by atoms with E-state index in [1.54, 1.807) is 24.4 Å². The SMILES string of the molecule is C#Cc1c(F)ccc2cccc(-c3nc4c5c(nc(OC[C@@]67CCCN6[C@H](COC(=O)N6CCC(CCC8CCN(c9ccc(C%10CCC(=O)NC%10=O)cn9)CC8)CC6)CC7)nc5c3F)N3CCCOC[C@@H]3CC4)c12. The van der Waals surface area contributed by atoms with E-state index in [4.69, 9.17) is 40.6 Å². The largest absolute Gasteiger partial charge is 0.461 e. The van der Waals surface area contributed by atoms with Gasteiger partial charge in [-0.3, -0.25) is 19.8 Å². The lowest BCUT2D eigenvalue weighted by Crippen LogP contribution is -2.48. The van der Waals surface area contributed by atoms with Crippen molar-refractivity contribution in [2.75, 3.05) is 75.5 Å². The molecule has 15 nitrogen and oxygen atoms in total. The van der Waals surface area contributed by atoms with Crippen LogP contribution in [-0.4, -0.2) is 131 Å². The molecule has 1 unspecified atom stereocenters. The van der Waals surface area contributed by atoms with E-state index in [-0.39, 0.29) is 64.2 Å². The molecule has 10 heterocycles. The summed E-state index contributed by atoms with van der Waals surface area (Å²) in [6, 6.07) is 12.5. The Kier molecular flexibility index (Phi) is 13.8. The highest BCUT2D eigenvalue weighted by Crippen LogP contribution is 2.45. The molecule has 7 aliphatic rings. The highest BCUT2D eigenvalue weighted by atomic mass is 19.1. The van der Waals surface area contributed by atoms with Crippen LogP contribution in [0.3, 0.4) is 0 Å². The lowest BCUT2D eigenvalue weighted by Gasteiger charge is -2.36. The zero-order valence-electron chi connectivity index (χ0n) is 42.5. The van der Waals surface area contributed by atoms with E-state index in [0.717, 1.165) is 95.2 Å². The van der Waals surface area contributed by atoms with Crippen molar-refractivity contribution in [3.8, 4) is 29.6 Å². The number of aromatic nitrogens is 4. The van der Waals surface area contributed by atoms with E-state index < -0.39 is 11.6 Å².